The lowest BCUT2D eigenvalue weighted by Crippen LogP contribution is -2.24. The molecule has 2 aliphatic rings. The first-order valence-corrected chi connectivity index (χ1v) is 12.3. The smallest absolute Gasteiger partial charge is 0.333 e. The maximum Gasteiger partial charge on any atom is 0.333 e. The van der Waals surface area contributed by atoms with Crippen molar-refractivity contribution in [3.05, 3.63) is 54.0 Å². The fourth-order valence-corrected chi connectivity index (χ4v) is 5.50. The third-order valence-electron chi connectivity index (χ3n) is 6.66. The Morgan fingerprint density at radius 3 is 2.88 bits per heavy atom. The van der Waals surface area contributed by atoms with Gasteiger partial charge in [0.15, 0.2) is 0 Å². The molecule has 3 aromatic rings. The van der Waals surface area contributed by atoms with E-state index in [1.165, 1.54) is 11.1 Å². The Morgan fingerprint density at radius 2 is 2.06 bits per heavy atom. The van der Waals surface area contributed by atoms with Gasteiger partial charge in [0.05, 0.1) is 24.1 Å². The second-order valence-electron chi connectivity index (χ2n) is 8.59. The van der Waals surface area contributed by atoms with Crippen LogP contribution in [0.5, 0.6) is 0 Å². The lowest BCUT2D eigenvalue weighted by atomic mass is 10.1. The molecule has 4 atom stereocenters. The van der Waals surface area contributed by atoms with E-state index in [4.69, 9.17) is 14.1 Å². The number of anilines is 1. The third kappa shape index (κ3) is 4.11. The molecule has 0 aliphatic heterocycles. The molecule has 0 saturated heterocycles. The molecule has 0 amide bonds. The highest BCUT2D eigenvalue weighted by Crippen LogP contribution is 2.39. The monoisotopic (exact) mass is 457 g/mol. The zero-order valence-corrected chi connectivity index (χ0v) is 18.7. The molecular formula is C22H27N5O4S. The molecule has 170 valence electrons. The number of hydrogen-bond acceptors (Lipinski definition) is 7. The van der Waals surface area contributed by atoms with Gasteiger partial charge in [-0.2, -0.15) is 8.42 Å². The van der Waals surface area contributed by atoms with Crippen LogP contribution in [0.1, 0.15) is 42.5 Å². The number of methoxy groups -OCH3 is 1. The summed E-state index contributed by atoms with van der Waals surface area (Å²) in [5.41, 5.74) is 3.39. The standard InChI is InChI=1S/C22H27N5O4S/c1-30-19-11-15-4-2-3-5-17(15)20(19)26-21-18-8-9-27(22(18)25-13-24-21)16-7-6-14(10-16)12-31-32(23,28)29/h2-5,8-9,13-14,16,19-20H,6-7,10-12H2,1H3,(H2,23,28,29)(H,24,25,26)/t14-,16-,19+,20+/m0/s1. The van der Waals surface area contributed by atoms with Gasteiger partial charge in [-0.1, -0.05) is 24.3 Å². The molecule has 1 aromatic carbocycles. The maximum absolute atomic E-state index is 11.1. The van der Waals surface area contributed by atoms with Gasteiger partial charge in [-0.25, -0.2) is 15.1 Å². The van der Waals surface area contributed by atoms with Crippen LogP contribution in [0.4, 0.5) is 5.82 Å². The molecule has 1 saturated carbocycles. The first-order valence-electron chi connectivity index (χ1n) is 10.8. The van der Waals surface area contributed by atoms with Crippen LogP contribution in [0.2, 0.25) is 0 Å². The molecule has 9 nitrogen and oxygen atoms in total. The van der Waals surface area contributed by atoms with Gasteiger partial charge < -0.3 is 14.6 Å². The predicted octanol–water partition coefficient (Wildman–Crippen LogP) is 2.72. The van der Waals surface area contributed by atoms with Gasteiger partial charge in [0, 0.05) is 25.8 Å². The Bertz CT molecular complexity index is 1230. The number of aromatic nitrogens is 3. The highest BCUT2D eigenvalue weighted by atomic mass is 32.2. The van der Waals surface area contributed by atoms with E-state index in [2.05, 4.69) is 38.1 Å². The molecule has 5 rings (SSSR count). The van der Waals surface area contributed by atoms with Crippen molar-refractivity contribution in [1.82, 2.24) is 14.5 Å². The molecule has 0 radical (unpaired) electrons. The molecule has 2 heterocycles. The van der Waals surface area contributed by atoms with Crippen molar-refractivity contribution >= 4 is 27.2 Å². The summed E-state index contributed by atoms with van der Waals surface area (Å²) < 4.78 is 34.9. The molecular weight excluding hydrogens is 430 g/mol. The highest BCUT2D eigenvalue weighted by Gasteiger charge is 2.33. The number of nitrogens with one attached hydrogen (secondary N) is 1. The average molecular weight is 458 g/mol. The van der Waals surface area contributed by atoms with Crippen LogP contribution in [-0.4, -0.2) is 42.8 Å². The Morgan fingerprint density at radius 1 is 1.22 bits per heavy atom. The van der Waals surface area contributed by atoms with E-state index >= 15 is 0 Å². The minimum Gasteiger partial charge on any atom is -0.379 e. The van der Waals surface area contributed by atoms with E-state index in [1.807, 2.05) is 18.3 Å². The molecule has 1 fully saturated rings. The van der Waals surface area contributed by atoms with Crippen LogP contribution >= 0.6 is 0 Å². The van der Waals surface area contributed by atoms with Crippen molar-refractivity contribution in [1.29, 1.82) is 0 Å². The van der Waals surface area contributed by atoms with Gasteiger partial charge in [0.25, 0.3) is 0 Å². The van der Waals surface area contributed by atoms with Gasteiger partial charge in [-0.05, 0) is 42.4 Å². The van der Waals surface area contributed by atoms with Crippen LogP contribution in [0.15, 0.2) is 42.9 Å². The van der Waals surface area contributed by atoms with Crippen molar-refractivity contribution in [2.45, 2.75) is 43.9 Å². The van der Waals surface area contributed by atoms with Crippen molar-refractivity contribution < 1.29 is 17.3 Å². The summed E-state index contributed by atoms with van der Waals surface area (Å²) in [6, 6.07) is 10.7. The van der Waals surface area contributed by atoms with Crippen LogP contribution in [-0.2, 0) is 25.6 Å². The van der Waals surface area contributed by atoms with Gasteiger partial charge in [0.1, 0.15) is 17.8 Å². The Balaban J connectivity index is 1.37. The molecule has 32 heavy (non-hydrogen) atoms. The predicted molar refractivity (Wildman–Crippen MR) is 120 cm³/mol. The van der Waals surface area contributed by atoms with Gasteiger partial charge in [-0.3, -0.25) is 4.18 Å². The topological polar surface area (TPSA) is 121 Å². The minimum atomic E-state index is -3.91. The maximum atomic E-state index is 11.1. The van der Waals surface area contributed by atoms with Crippen LogP contribution in [0.3, 0.4) is 0 Å². The number of hydrogen-bond donors (Lipinski definition) is 2. The second kappa shape index (κ2) is 8.43. The number of fused-ring (bicyclic) bond motifs is 2. The zero-order valence-electron chi connectivity index (χ0n) is 17.8. The van der Waals surface area contributed by atoms with E-state index in [9.17, 15) is 8.42 Å². The van der Waals surface area contributed by atoms with Crippen molar-refractivity contribution in [2.24, 2.45) is 11.1 Å². The van der Waals surface area contributed by atoms with E-state index in [0.29, 0.717) is 0 Å². The molecule has 10 heteroatoms. The summed E-state index contributed by atoms with van der Waals surface area (Å²) in [6.07, 6.45) is 7.14. The molecule has 2 aliphatic carbocycles. The minimum absolute atomic E-state index is 0.0175. The second-order valence-corrected chi connectivity index (χ2v) is 9.81. The highest BCUT2D eigenvalue weighted by molar-refractivity contribution is 7.84. The summed E-state index contributed by atoms with van der Waals surface area (Å²) in [7, 11) is -2.17. The van der Waals surface area contributed by atoms with Gasteiger partial charge >= 0.3 is 10.3 Å². The van der Waals surface area contributed by atoms with Crippen LogP contribution in [0, 0.1) is 5.92 Å². The fraction of sp³-hybridized carbons (Fsp3) is 0.455. The molecule has 0 spiro atoms. The molecule has 3 N–H and O–H groups in total. The zero-order chi connectivity index (χ0) is 22.3. The number of ether oxygens (including phenoxy) is 1. The van der Waals surface area contributed by atoms with E-state index in [-0.39, 0.29) is 30.7 Å². The molecule has 0 bridgehead atoms. The summed E-state index contributed by atoms with van der Waals surface area (Å²) in [4.78, 5) is 9.08. The summed E-state index contributed by atoms with van der Waals surface area (Å²) >= 11 is 0. The van der Waals surface area contributed by atoms with E-state index in [1.54, 1.807) is 13.4 Å². The number of nitrogens with zero attached hydrogens (tertiary/aromatic N) is 3. The lowest BCUT2D eigenvalue weighted by Gasteiger charge is -2.22. The SMILES string of the molecule is CO[C@@H]1Cc2ccccc2[C@H]1Nc1ncnc2c1ccn2[C@H]1CC[C@H](COS(N)(=O)=O)C1. The van der Waals surface area contributed by atoms with Gasteiger partial charge in [0.2, 0.25) is 0 Å². The first-order chi connectivity index (χ1) is 15.4. The third-order valence-corrected chi connectivity index (χ3v) is 7.13. The Hall–Kier alpha value is -2.53. The van der Waals surface area contributed by atoms with Crippen molar-refractivity contribution in [3.63, 3.8) is 0 Å². The molecule has 0 unspecified atom stereocenters. The van der Waals surface area contributed by atoms with E-state index in [0.717, 1.165) is 42.5 Å². The summed E-state index contributed by atoms with van der Waals surface area (Å²) in [5.74, 6) is 0.928. The fourth-order valence-electron chi connectivity index (χ4n) is 5.12. The normalized spacial score (nSPS) is 25.3. The average Bonchev–Trinajstić information content (AvgIpc) is 3.49. The number of nitrogens with two attached hydrogens (primary N) is 1. The Kier molecular flexibility index (Phi) is 5.62. The van der Waals surface area contributed by atoms with E-state index < -0.39 is 10.3 Å². The van der Waals surface area contributed by atoms with Gasteiger partial charge in [-0.15, -0.1) is 0 Å². The first kappa shape index (κ1) is 21.3. The van der Waals surface area contributed by atoms with Crippen LogP contribution < -0.4 is 10.5 Å². The molecule has 2 aromatic heterocycles. The number of rotatable bonds is 7. The summed E-state index contributed by atoms with van der Waals surface area (Å²) in [5, 5.41) is 9.52. The Labute approximate surface area is 187 Å². The largest absolute Gasteiger partial charge is 0.379 e. The summed E-state index contributed by atoms with van der Waals surface area (Å²) in [6.45, 7) is 0.121. The van der Waals surface area contributed by atoms with Crippen LogP contribution in [0.25, 0.3) is 11.0 Å². The lowest BCUT2D eigenvalue weighted by molar-refractivity contribution is 0.0960. The van der Waals surface area contributed by atoms with Crippen molar-refractivity contribution in [2.75, 3.05) is 19.0 Å². The van der Waals surface area contributed by atoms with Crippen molar-refractivity contribution in [3.8, 4) is 0 Å². The number of benzene rings is 1. The quantitative estimate of drug-likeness (QED) is 0.559.